The molecule has 0 aromatic carbocycles. The van der Waals surface area contributed by atoms with Crippen LogP contribution in [0.15, 0.2) is 29.4 Å². The van der Waals surface area contributed by atoms with E-state index < -0.39 is 0 Å². The SMILES string of the molecule is CN=C(NCCCOC1CCCCC1)NCCCc1nnc2ccccn12. The van der Waals surface area contributed by atoms with Crippen molar-refractivity contribution in [1.29, 1.82) is 0 Å². The number of hydrogen-bond donors (Lipinski definition) is 2. The van der Waals surface area contributed by atoms with Gasteiger partial charge in [0.05, 0.1) is 6.10 Å². The molecule has 7 heteroatoms. The lowest BCUT2D eigenvalue weighted by Gasteiger charge is -2.22. The van der Waals surface area contributed by atoms with Crippen molar-refractivity contribution in [3.05, 3.63) is 30.2 Å². The van der Waals surface area contributed by atoms with Crippen molar-refractivity contribution in [2.75, 3.05) is 26.7 Å². The van der Waals surface area contributed by atoms with Crippen molar-refractivity contribution in [1.82, 2.24) is 25.2 Å². The van der Waals surface area contributed by atoms with Gasteiger partial charge in [-0.2, -0.15) is 0 Å². The molecule has 27 heavy (non-hydrogen) atoms. The molecule has 2 N–H and O–H groups in total. The molecular formula is C20H32N6O. The highest BCUT2D eigenvalue weighted by atomic mass is 16.5. The Balaban J connectivity index is 1.26. The van der Waals surface area contributed by atoms with E-state index in [-0.39, 0.29) is 0 Å². The van der Waals surface area contributed by atoms with Gasteiger partial charge in [0.15, 0.2) is 11.6 Å². The summed E-state index contributed by atoms with van der Waals surface area (Å²) in [5, 5.41) is 15.2. The third kappa shape index (κ3) is 6.20. The molecule has 0 saturated heterocycles. The van der Waals surface area contributed by atoms with Crippen LogP contribution in [0.3, 0.4) is 0 Å². The molecule has 0 atom stereocenters. The maximum Gasteiger partial charge on any atom is 0.190 e. The lowest BCUT2D eigenvalue weighted by atomic mass is 9.98. The highest BCUT2D eigenvalue weighted by molar-refractivity contribution is 5.79. The normalized spacial score (nSPS) is 16.0. The van der Waals surface area contributed by atoms with Crippen LogP contribution < -0.4 is 10.6 Å². The first-order valence-corrected chi connectivity index (χ1v) is 10.2. The van der Waals surface area contributed by atoms with E-state index >= 15 is 0 Å². The van der Waals surface area contributed by atoms with Gasteiger partial charge in [-0.25, -0.2) is 0 Å². The molecule has 0 aliphatic heterocycles. The molecule has 0 radical (unpaired) electrons. The van der Waals surface area contributed by atoms with E-state index in [4.69, 9.17) is 4.74 Å². The second kappa shape index (κ2) is 10.9. The first-order valence-electron chi connectivity index (χ1n) is 10.2. The van der Waals surface area contributed by atoms with Crippen LogP contribution in [-0.4, -0.2) is 53.4 Å². The van der Waals surface area contributed by atoms with Crippen LogP contribution in [0.4, 0.5) is 0 Å². The average Bonchev–Trinajstić information content (AvgIpc) is 3.13. The Hall–Kier alpha value is -2.15. The van der Waals surface area contributed by atoms with Crippen LogP contribution in [0.1, 0.15) is 50.8 Å². The summed E-state index contributed by atoms with van der Waals surface area (Å²) in [4.78, 5) is 4.28. The topological polar surface area (TPSA) is 75.8 Å². The minimum atomic E-state index is 0.490. The van der Waals surface area contributed by atoms with Crippen molar-refractivity contribution in [2.45, 2.75) is 57.5 Å². The molecule has 0 amide bonds. The quantitative estimate of drug-likeness (QED) is 0.402. The van der Waals surface area contributed by atoms with Gasteiger partial charge in [0, 0.05) is 39.4 Å². The fraction of sp³-hybridized carbons (Fsp3) is 0.650. The maximum atomic E-state index is 5.96. The number of aromatic nitrogens is 3. The van der Waals surface area contributed by atoms with Crippen LogP contribution in [0.5, 0.6) is 0 Å². The van der Waals surface area contributed by atoms with Gasteiger partial charge in [0.1, 0.15) is 5.82 Å². The Kier molecular flexibility index (Phi) is 7.89. The predicted octanol–water partition coefficient (Wildman–Crippen LogP) is 2.57. The zero-order valence-corrected chi connectivity index (χ0v) is 16.4. The van der Waals surface area contributed by atoms with Crippen LogP contribution in [-0.2, 0) is 11.2 Å². The van der Waals surface area contributed by atoms with E-state index in [0.29, 0.717) is 6.10 Å². The van der Waals surface area contributed by atoms with E-state index in [1.165, 1.54) is 32.1 Å². The molecule has 7 nitrogen and oxygen atoms in total. The highest BCUT2D eigenvalue weighted by Gasteiger charge is 2.13. The number of guanidine groups is 1. The van der Waals surface area contributed by atoms with Crippen LogP contribution >= 0.6 is 0 Å². The summed E-state index contributed by atoms with van der Waals surface area (Å²) in [6.07, 6.45) is 11.8. The zero-order valence-electron chi connectivity index (χ0n) is 16.4. The molecule has 148 valence electrons. The van der Waals surface area contributed by atoms with Gasteiger partial charge in [-0.1, -0.05) is 25.3 Å². The fourth-order valence-corrected chi connectivity index (χ4v) is 3.50. The lowest BCUT2D eigenvalue weighted by molar-refractivity contribution is 0.0277. The van der Waals surface area contributed by atoms with Crippen molar-refractivity contribution in [3.8, 4) is 0 Å². The zero-order chi connectivity index (χ0) is 18.7. The number of nitrogens with one attached hydrogen (secondary N) is 2. The van der Waals surface area contributed by atoms with Crippen molar-refractivity contribution < 1.29 is 4.74 Å². The van der Waals surface area contributed by atoms with E-state index in [1.807, 2.05) is 28.8 Å². The Bertz CT molecular complexity index is 707. The second-order valence-electron chi connectivity index (χ2n) is 7.06. The van der Waals surface area contributed by atoms with Gasteiger partial charge in [-0.05, 0) is 37.8 Å². The number of nitrogens with zero attached hydrogens (tertiary/aromatic N) is 4. The standard InChI is InChI=1S/C20H32N6O/c1-21-20(23-14-8-16-27-17-9-3-2-4-10-17)22-13-7-12-19-25-24-18-11-5-6-15-26(18)19/h5-6,11,15,17H,2-4,7-10,12-14,16H2,1H3,(H2,21,22,23). The largest absolute Gasteiger partial charge is 0.378 e. The molecule has 0 unspecified atom stereocenters. The molecule has 2 aromatic rings. The third-order valence-electron chi connectivity index (χ3n) is 5.00. The second-order valence-corrected chi connectivity index (χ2v) is 7.06. The van der Waals surface area contributed by atoms with Gasteiger partial charge >= 0.3 is 0 Å². The van der Waals surface area contributed by atoms with Gasteiger partial charge in [-0.15, -0.1) is 10.2 Å². The first kappa shape index (κ1) is 19.6. The summed E-state index contributed by atoms with van der Waals surface area (Å²) in [6.45, 7) is 2.55. The maximum absolute atomic E-state index is 5.96. The third-order valence-corrected chi connectivity index (χ3v) is 5.00. The summed E-state index contributed by atoms with van der Waals surface area (Å²) in [5.41, 5.74) is 0.897. The molecule has 1 fully saturated rings. The first-order chi connectivity index (χ1) is 13.4. The fourth-order valence-electron chi connectivity index (χ4n) is 3.50. The summed E-state index contributed by atoms with van der Waals surface area (Å²) in [7, 11) is 1.81. The van der Waals surface area contributed by atoms with Gasteiger partial charge in [0.2, 0.25) is 0 Å². The number of hydrogen-bond acceptors (Lipinski definition) is 4. The Labute approximate surface area is 161 Å². The van der Waals surface area contributed by atoms with E-state index in [9.17, 15) is 0 Å². The molecule has 2 heterocycles. The minimum Gasteiger partial charge on any atom is -0.378 e. The molecule has 0 bridgehead atoms. The molecule has 1 aliphatic carbocycles. The number of fused-ring (bicyclic) bond motifs is 1. The minimum absolute atomic E-state index is 0.490. The van der Waals surface area contributed by atoms with Crippen LogP contribution in [0.2, 0.25) is 0 Å². The van der Waals surface area contributed by atoms with Crippen LogP contribution in [0, 0.1) is 0 Å². The van der Waals surface area contributed by atoms with Gasteiger partial charge < -0.3 is 15.4 Å². The number of rotatable bonds is 9. The number of pyridine rings is 1. The van der Waals surface area contributed by atoms with E-state index in [0.717, 1.165) is 56.4 Å². The smallest absolute Gasteiger partial charge is 0.190 e. The van der Waals surface area contributed by atoms with E-state index in [1.54, 1.807) is 7.05 Å². The number of aliphatic imine (C=N–C) groups is 1. The summed E-state index contributed by atoms with van der Waals surface area (Å²) in [6, 6.07) is 5.95. The van der Waals surface area contributed by atoms with Crippen molar-refractivity contribution >= 4 is 11.6 Å². The van der Waals surface area contributed by atoms with Crippen LogP contribution in [0.25, 0.3) is 5.65 Å². The molecule has 0 spiro atoms. The van der Waals surface area contributed by atoms with Gasteiger partial charge in [0.25, 0.3) is 0 Å². The molecule has 1 aliphatic rings. The molecule has 3 rings (SSSR count). The molecule has 1 saturated carbocycles. The summed E-state index contributed by atoms with van der Waals surface area (Å²) < 4.78 is 8.00. The monoisotopic (exact) mass is 372 g/mol. The predicted molar refractivity (Wildman–Crippen MR) is 108 cm³/mol. The average molecular weight is 373 g/mol. The number of ether oxygens (including phenoxy) is 1. The summed E-state index contributed by atoms with van der Waals surface area (Å²) >= 11 is 0. The Morgan fingerprint density at radius 3 is 2.78 bits per heavy atom. The molecule has 2 aromatic heterocycles. The van der Waals surface area contributed by atoms with Crippen molar-refractivity contribution in [2.24, 2.45) is 4.99 Å². The van der Waals surface area contributed by atoms with Gasteiger partial charge in [-0.3, -0.25) is 9.39 Å². The highest BCUT2D eigenvalue weighted by Crippen LogP contribution is 2.20. The number of aryl methyl sites for hydroxylation is 1. The Morgan fingerprint density at radius 1 is 1.15 bits per heavy atom. The van der Waals surface area contributed by atoms with Crippen molar-refractivity contribution in [3.63, 3.8) is 0 Å². The van der Waals surface area contributed by atoms with E-state index in [2.05, 4.69) is 25.8 Å². The molecular weight excluding hydrogens is 340 g/mol. The Morgan fingerprint density at radius 2 is 1.96 bits per heavy atom. The lowest BCUT2D eigenvalue weighted by Crippen LogP contribution is -2.38. The summed E-state index contributed by atoms with van der Waals surface area (Å²) in [5.74, 6) is 1.84.